The van der Waals surface area contributed by atoms with Crippen LogP contribution in [-0.2, 0) is 4.74 Å². The monoisotopic (exact) mass is 170 g/mol. The van der Waals surface area contributed by atoms with Gasteiger partial charge in [0.05, 0.1) is 12.1 Å². The van der Waals surface area contributed by atoms with Gasteiger partial charge in [-0.3, -0.25) is 11.3 Å². The molecule has 0 aromatic heterocycles. The average molecular weight is 170 g/mol. The molecule has 12 heavy (non-hydrogen) atoms. The normalized spacial score (nSPS) is 33.2. The smallest absolute Gasteiger partial charge is 0.0744 e. The van der Waals surface area contributed by atoms with Gasteiger partial charge < -0.3 is 4.74 Å². The molecule has 0 aromatic rings. The Hall–Kier alpha value is -0.120. The van der Waals surface area contributed by atoms with Crippen molar-refractivity contribution in [2.24, 2.45) is 11.8 Å². The van der Waals surface area contributed by atoms with Crippen LogP contribution in [-0.4, -0.2) is 18.8 Å². The highest BCUT2D eigenvalue weighted by Gasteiger charge is 2.36. The molecule has 1 aliphatic heterocycles. The largest absolute Gasteiger partial charge is 0.377 e. The van der Waals surface area contributed by atoms with Gasteiger partial charge in [0.2, 0.25) is 0 Å². The molecule has 2 unspecified atom stereocenters. The third kappa shape index (κ3) is 1.79. The lowest BCUT2D eigenvalue weighted by Gasteiger charge is -2.29. The number of hydrazine groups is 1. The summed E-state index contributed by atoms with van der Waals surface area (Å²) in [5, 5.41) is 0. The van der Waals surface area contributed by atoms with Gasteiger partial charge in [-0.1, -0.05) is 0 Å². The first-order chi connectivity index (χ1) is 5.92. The minimum atomic E-state index is 0.385. The molecule has 2 fully saturated rings. The van der Waals surface area contributed by atoms with Crippen molar-refractivity contribution in [1.82, 2.24) is 5.43 Å². The van der Waals surface area contributed by atoms with Crippen LogP contribution in [0, 0.1) is 5.92 Å². The van der Waals surface area contributed by atoms with E-state index in [1.807, 2.05) is 0 Å². The molecule has 0 amide bonds. The molecule has 0 spiro atoms. The SMILES string of the molecule is NNC(C1CC1)C1CCCCO1. The van der Waals surface area contributed by atoms with E-state index in [-0.39, 0.29) is 0 Å². The number of rotatable bonds is 3. The molecule has 0 radical (unpaired) electrons. The van der Waals surface area contributed by atoms with Crippen LogP contribution in [0.25, 0.3) is 0 Å². The van der Waals surface area contributed by atoms with E-state index in [2.05, 4.69) is 5.43 Å². The second-order valence-corrected chi connectivity index (χ2v) is 3.93. The standard InChI is InChI=1S/C9H18N2O/c10-11-9(7-4-5-7)8-3-1-2-6-12-8/h7-9,11H,1-6,10H2. The maximum Gasteiger partial charge on any atom is 0.0744 e. The maximum absolute atomic E-state index is 5.69. The van der Waals surface area contributed by atoms with E-state index in [1.165, 1.54) is 32.1 Å². The maximum atomic E-state index is 5.69. The third-order valence-electron chi connectivity index (χ3n) is 2.94. The minimum Gasteiger partial charge on any atom is -0.377 e. The molecular formula is C9H18N2O. The lowest BCUT2D eigenvalue weighted by atomic mass is 9.99. The zero-order valence-electron chi connectivity index (χ0n) is 7.46. The Bertz CT molecular complexity index is 141. The molecule has 1 aliphatic carbocycles. The number of hydrogen-bond acceptors (Lipinski definition) is 3. The molecule has 2 rings (SSSR count). The van der Waals surface area contributed by atoms with Crippen LogP contribution in [0.2, 0.25) is 0 Å². The van der Waals surface area contributed by atoms with E-state index in [0.717, 1.165) is 12.5 Å². The van der Waals surface area contributed by atoms with Gasteiger partial charge in [0, 0.05) is 6.61 Å². The first-order valence-corrected chi connectivity index (χ1v) is 4.99. The molecule has 0 aromatic carbocycles. The van der Waals surface area contributed by atoms with Crippen molar-refractivity contribution in [3.05, 3.63) is 0 Å². The molecule has 3 nitrogen and oxygen atoms in total. The van der Waals surface area contributed by atoms with Crippen LogP contribution in [0.1, 0.15) is 32.1 Å². The summed E-state index contributed by atoms with van der Waals surface area (Å²) in [4.78, 5) is 0. The molecule has 1 saturated heterocycles. The van der Waals surface area contributed by atoms with Crippen molar-refractivity contribution in [3.8, 4) is 0 Å². The molecular weight excluding hydrogens is 152 g/mol. The Kier molecular flexibility index (Phi) is 2.63. The Balaban J connectivity index is 1.85. The van der Waals surface area contributed by atoms with Crippen LogP contribution < -0.4 is 11.3 Å². The Morgan fingerprint density at radius 1 is 1.25 bits per heavy atom. The molecule has 3 N–H and O–H groups in total. The van der Waals surface area contributed by atoms with Gasteiger partial charge in [0.25, 0.3) is 0 Å². The second kappa shape index (κ2) is 3.73. The van der Waals surface area contributed by atoms with Gasteiger partial charge in [-0.2, -0.15) is 0 Å². The van der Waals surface area contributed by atoms with Crippen molar-refractivity contribution in [1.29, 1.82) is 0 Å². The third-order valence-corrected chi connectivity index (χ3v) is 2.94. The summed E-state index contributed by atoms with van der Waals surface area (Å²) in [6, 6.07) is 0.422. The van der Waals surface area contributed by atoms with Gasteiger partial charge in [-0.05, 0) is 38.0 Å². The summed E-state index contributed by atoms with van der Waals surface area (Å²) in [6.45, 7) is 0.926. The van der Waals surface area contributed by atoms with E-state index in [9.17, 15) is 0 Å². The average Bonchev–Trinajstić information content (AvgIpc) is 2.92. The lowest BCUT2D eigenvalue weighted by Crippen LogP contribution is -2.47. The van der Waals surface area contributed by atoms with Gasteiger partial charge in [0.15, 0.2) is 0 Å². The number of hydrogen-bond donors (Lipinski definition) is 2. The van der Waals surface area contributed by atoms with E-state index in [1.54, 1.807) is 0 Å². The fourth-order valence-electron chi connectivity index (χ4n) is 2.05. The fourth-order valence-corrected chi connectivity index (χ4v) is 2.05. The highest BCUT2D eigenvalue weighted by molar-refractivity contribution is 4.91. The summed E-state index contributed by atoms with van der Waals surface area (Å²) in [7, 11) is 0. The molecule has 3 heteroatoms. The summed E-state index contributed by atoms with van der Waals surface area (Å²) < 4.78 is 5.69. The number of ether oxygens (including phenoxy) is 1. The number of nitrogens with one attached hydrogen (secondary N) is 1. The first-order valence-electron chi connectivity index (χ1n) is 4.99. The van der Waals surface area contributed by atoms with Crippen molar-refractivity contribution < 1.29 is 4.74 Å². The Morgan fingerprint density at radius 2 is 2.08 bits per heavy atom. The Morgan fingerprint density at radius 3 is 2.58 bits per heavy atom. The minimum absolute atomic E-state index is 0.385. The van der Waals surface area contributed by atoms with Crippen molar-refractivity contribution in [3.63, 3.8) is 0 Å². The molecule has 2 aliphatic rings. The highest BCUT2D eigenvalue weighted by Crippen LogP contribution is 2.36. The van der Waals surface area contributed by atoms with E-state index >= 15 is 0 Å². The van der Waals surface area contributed by atoms with Gasteiger partial charge in [0.1, 0.15) is 0 Å². The second-order valence-electron chi connectivity index (χ2n) is 3.93. The summed E-state index contributed by atoms with van der Waals surface area (Å²) in [6.07, 6.45) is 6.75. The van der Waals surface area contributed by atoms with Crippen LogP contribution in [0.5, 0.6) is 0 Å². The fraction of sp³-hybridized carbons (Fsp3) is 1.00. The number of nitrogens with two attached hydrogens (primary N) is 1. The first kappa shape index (κ1) is 8.48. The molecule has 70 valence electrons. The molecule has 1 heterocycles. The van der Waals surface area contributed by atoms with E-state index < -0.39 is 0 Å². The topological polar surface area (TPSA) is 47.3 Å². The molecule has 1 saturated carbocycles. The summed E-state index contributed by atoms with van der Waals surface area (Å²) >= 11 is 0. The van der Waals surface area contributed by atoms with Crippen LogP contribution in [0.3, 0.4) is 0 Å². The van der Waals surface area contributed by atoms with Crippen molar-refractivity contribution in [2.75, 3.05) is 6.61 Å². The lowest BCUT2D eigenvalue weighted by molar-refractivity contribution is -0.0123. The predicted molar refractivity (Wildman–Crippen MR) is 47.4 cm³/mol. The zero-order valence-corrected chi connectivity index (χ0v) is 7.46. The van der Waals surface area contributed by atoms with Crippen molar-refractivity contribution in [2.45, 2.75) is 44.2 Å². The molecule has 0 bridgehead atoms. The zero-order chi connectivity index (χ0) is 8.39. The van der Waals surface area contributed by atoms with Crippen molar-refractivity contribution >= 4 is 0 Å². The van der Waals surface area contributed by atoms with Crippen LogP contribution in [0.4, 0.5) is 0 Å². The van der Waals surface area contributed by atoms with E-state index in [4.69, 9.17) is 10.6 Å². The van der Waals surface area contributed by atoms with Crippen LogP contribution in [0.15, 0.2) is 0 Å². The van der Waals surface area contributed by atoms with Crippen LogP contribution >= 0.6 is 0 Å². The van der Waals surface area contributed by atoms with Gasteiger partial charge >= 0.3 is 0 Å². The highest BCUT2D eigenvalue weighted by atomic mass is 16.5. The van der Waals surface area contributed by atoms with Gasteiger partial charge in [-0.25, -0.2) is 0 Å². The van der Waals surface area contributed by atoms with E-state index in [0.29, 0.717) is 12.1 Å². The molecule has 2 atom stereocenters. The quantitative estimate of drug-likeness (QED) is 0.486. The summed E-state index contributed by atoms with van der Waals surface area (Å²) in [5.74, 6) is 6.30. The van der Waals surface area contributed by atoms with Gasteiger partial charge in [-0.15, -0.1) is 0 Å². The Labute approximate surface area is 73.6 Å². The summed E-state index contributed by atoms with van der Waals surface area (Å²) in [5.41, 5.74) is 2.91. The predicted octanol–water partition coefficient (Wildman–Crippen LogP) is 0.797.